The largest absolute Gasteiger partial charge is 0.392 e. The van der Waals surface area contributed by atoms with Crippen LogP contribution in [0.2, 0.25) is 0 Å². The van der Waals surface area contributed by atoms with Gasteiger partial charge in [-0.3, -0.25) is 10.1 Å². The van der Waals surface area contributed by atoms with Gasteiger partial charge < -0.3 is 0 Å². The summed E-state index contributed by atoms with van der Waals surface area (Å²) in [5, 5.41) is 23.6. The van der Waals surface area contributed by atoms with E-state index in [0.717, 1.165) is 18.2 Å². The van der Waals surface area contributed by atoms with Gasteiger partial charge in [0.15, 0.2) is 9.87 Å². The summed E-state index contributed by atoms with van der Waals surface area (Å²) in [6.07, 6.45) is 0. The lowest BCUT2D eigenvalue weighted by Crippen LogP contribution is -2.13. The van der Waals surface area contributed by atoms with Crippen LogP contribution in [-0.4, -0.2) is 13.3 Å². The smallest absolute Gasteiger partial charge is 0.258 e. The van der Waals surface area contributed by atoms with Crippen molar-refractivity contribution in [1.82, 2.24) is 0 Å². The highest BCUT2D eigenvalue weighted by Crippen LogP contribution is 2.27. The standard InChI is InChI=1S/C6H5N4O4S/c7-9-4-1-2-6(15(8,13)14)5(3-4)10(11)12/h1-3H,(H2,8,13,14)/q+1. The van der Waals surface area contributed by atoms with Crippen molar-refractivity contribution >= 4 is 21.4 Å². The third kappa shape index (κ3) is 2.25. The van der Waals surface area contributed by atoms with E-state index in [1.807, 2.05) is 0 Å². The molecule has 78 valence electrons. The summed E-state index contributed by atoms with van der Waals surface area (Å²) in [6, 6.07) is 2.80. The first kappa shape index (κ1) is 11.0. The predicted molar refractivity (Wildman–Crippen MR) is 49.2 cm³/mol. The van der Waals surface area contributed by atoms with Gasteiger partial charge in [0.25, 0.3) is 5.69 Å². The molecule has 0 fully saturated rings. The quantitative estimate of drug-likeness (QED) is 0.453. The number of diazo groups is 1. The molecule has 0 amide bonds. The van der Waals surface area contributed by atoms with Gasteiger partial charge >= 0.3 is 5.69 Å². The Bertz CT molecular complexity index is 559. The van der Waals surface area contributed by atoms with E-state index < -0.39 is 25.5 Å². The maximum absolute atomic E-state index is 10.9. The van der Waals surface area contributed by atoms with Crippen LogP contribution >= 0.6 is 0 Å². The molecule has 9 heteroatoms. The Balaban J connectivity index is 3.57. The van der Waals surface area contributed by atoms with E-state index in [-0.39, 0.29) is 5.69 Å². The van der Waals surface area contributed by atoms with E-state index in [2.05, 4.69) is 4.98 Å². The molecule has 0 heterocycles. The molecular formula is C6H5N4O4S+. The van der Waals surface area contributed by atoms with Gasteiger partial charge in [-0.25, -0.2) is 13.6 Å². The van der Waals surface area contributed by atoms with E-state index in [1.54, 1.807) is 0 Å². The molecule has 0 aliphatic heterocycles. The average Bonchev–Trinajstić information content (AvgIpc) is 2.15. The fourth-order valence-corrected chi connectivity index (χ4v) is 1.63. The second-order valence-electron chi connectivity index (χ2n) is 2.55. The van der Waals surface area contributed by atoms with Gasteiger partial charge in [0, 0.05) is 6.07 Å². The Labute approximate surface area is 84.1 Å². The first-order chi connectivity index (χ1) is 6.86. The molecule has 0 aromatic heterocycles. The van der Waals surface area contributed by atoms with Crippen LogP contribution in [0.3, 0.4) is 0 Å². The minimum absolute atomic E-state index is 0.130. The van der Waals surface area contributed by atoms with Crippen molar-refractivity contribution in [2.75, 3.05) is 0 Å². The van der Waals surface area contributed by atoms with Crippen LogP contribution in [0.4, 0.5) is 11.4 Å². The van der Waals surface area contributed by atoms with Gasteiger partial charge in [0.2, 0.25) is 15.4 Å². The maximum Gasteiger partial charge on any atom is 0.392 e. The summed E-state index contributed by atoms with van der Waals surface area (Å²) in [5.41, 5.74) is -0.859. The van der Waals surface area contributed by atoms with Crippen molar-refractivity contribution in [1.29, 1.82) is 5.39 Å². The predicted octanol–water partition coefficient (Wildman–Crippen LogP) is 0.727. The van der Waals surface area contributed by atoms with Gasteiger partial charge in [-0.15, -0.1) is 0 Å². The highest BCUT2D eigenvalue weighted by Gasteiger charge is 2.26. The zero-order chi connectivity index (χ0) is 11.6. The van der Waals surface area contributed by atoms with Crippen LogP contribution in [0.1, 0.15) is 0 Å². The van der Waals surface area contributed by atoms with Crippen LogP contribution in [-0.2, 0) is 10.0 Å². The molecule has 0 radical (unpaired) electrons. The summed E-state index contributed by atoms with van der Waals surface area (Å²) in [4.78, 5) is 11.6. The molecule has 0 atom stereocenters. The summed E-state index contributed by atoms with van der Waals surface area (Å²) in [7, 11) is -4.17. The summed E-state index contributed by atoms with van der Waals surface area (Å²) < 4.78 is 21.9. The number of hydrogen-bond donors (Lipinski definition) is 1. The van der Waals surface area contributed by atoms with Gasteiger partial charge in [-0.1, -0.05) is 0 Å². The van der Waals surface area contributed by atoms with E-state index in [9.17, 15) is 18.5 Å². The fraction of sp³-hybridized carbons (Fsp3) is 0. The van der Waals surface area contributed by atoms with E-state index in [1.165, 1.54) is 0 Å². The van der Waals surface area contributed by atoms with Crippen molar-refractivity contribution in [2.24, 2.45) is 5.14 Å². The molecule has 0 aliphatic rings. The number of hydrogen-bond acceptors (Lipinski definition) is 5. The molecule has 0 saturated heterocycles. The number of sulfonamides is 1. The molecular weight excluding hydrogens is 224 g/mol. The molecule has 15 heavy (non-hydrogen) atoms. The SMILES string of the molecule is N#[N+]c1ccc(S(N)(=O)=O)c([N+](=O)[O-])c1. The zero-order valence-electron chi connectivity index (χ0n) is 7.19. The molecule has 0 unspecified atom stereocenters. The second-order valence-corrected chi connectivity index (χ2v) is 4.08. The Kier molecular flexibility index (Phi) is 2.65. The zero-order valence-corrected chi connectivity index (χ0v) is 8.01. The fourth-order valence-electron chi connectivity index (χ4n) is 0.951. The van der Waals surface area contributed by atoms with E-state index >= 15 is 0 Å². The topological polar surface area (TPSA) is 131 Å². The molecule has 0 spiro atoms. The van der Waals surface area contributed by atoms with Crippen molar-refractivity contribution in [3.05, 3.63) is 33.3 Å². The lowest BCUT2D eigenvalue weighted by atomic mass is 10.3. The van der Waals surface area contributed by atoms with Crippen LogP contribution in [0.5, 0.6) is 0 Å². The number of nitro benzene ring substituents is 1. The van der Waals surface area contributed by atoms with Gasteiger partial charge in [-0.05, 0) is 6.07 Å². The third-order valence-electron chi connectivity index (χ3n) is 1.56. The normalized spacial score (nSPS) is 10.7. The summed E-state index contributed by atoms with van der Waals surface area (Å²) in [6.45, 7) is 0. The number of nitrogens with zero attached hydrogens (tertiary/aromatic N) is 3. The number of primary sulfonamides is 1. The van der Waals surface area contributed by atoms with E-state index in [0.29, 0.717) is 0 Å². The Morgan fingerprint density at radius 1 is 1.47 bits per heavy atom. The van der Waals surface area contributed by atoms with Crippen molar-refractivity contribution in [2.45, 2.75) is 4.90 Å². The summed E-state index contributed by atoms with van der Waals surface area (Å²) in [5.74, 6) is 0. The monoisotopic (exact) mass is 229 g/mol. The maximum atomic E-state index is 10.9. The van der Waals surface area contributed by atoms with Gasteiger partial charge in [0.05, 0.1) is 4.92 Å². The molecule has 1 aromatic carbocycles. The first-order valence-electron chi connectivity index (χ1n) is 3.52. The highest BCUT2D eigenvalue weighted by atomic mass is 32.2. The molecule has 0 bridgehead atoms. The average molecular weight is 229 g/mol. The van der Waals surface area contributed by atoms with Crippen LogP contribution < -0.4 is 5.14 Å². The number of rotatable bonds is 2. The molecule has 2 N–H and O–H groups in total. The molecule has 1 aromatic rings. The van der Waals surface area contributed by atoms with Crippen LogP contribution in [0, 0.1) is 15.5 Å². The number of nitrogens with two attached hydrogens (primary N) is 1. The van der Waals surface area contributed by atoms with E-state index in [4.69, 9.17) is 10.5 Å². The van der Waals surface area contributed by atoms with Crippen LogP contribution in [0.15, 0.2) is 23.1 Å². The molecule has 0 saturated carbocycles. The van der Waals surface area contributed by atoms with Crippen LogP contribution in [0.25, 0.3) is 4.98 Å². The van der Waals surface area contributed by atoms with Crippen molar-refractivity contribution in [3.8, 4) is 0 Å². The van der Waals surface area contributed by atoms with Crippen molar-refractivity contribution < 1.29 is 13.3 Å². The minimum Gasteiger partial charge on any atom is -0.258 e. The first-order valence-corrected chi connectivity index (χ1v) is 5.07. The number of benzene rings is 1. The van der Waals surface area contributed by atoms with Crippen molar-refractivity contribution in [3.63, 3.8) is 0 Å². The van der Waals surface area contributed by atoms with Gasteiger partial charge in [-0.2, -0.15) is 0 Å². The highest BCUT2D eigenvalue weighted by molar-refractivity contribution is 7.89. The molecule has 1 rings (SSSR count). The molecule has 8 nitrogen and oxygen atoms in total. The summed E-state index contributed by atoms with van der Waals surface area (Å²) >= 11 is 0. The Morgan fingerprint density at radius 2 is 2.07 bits per heavy atom. The Morgan fingerprint density at radius 3 is 2.47 bits per heavy atom. The molecule has 0 aliphatic carbocycles. The lowest BCUT2D eigenvalue weighted by molar-refractivity contribution is -0.387. The lowest BCUT2D eigenvalue weighted by Gasteiger charge is -1.97. The van der Waals surface area contributed by atoms with Gasteiger partial charge in [0.1, 0.15) is 6.07 Å². The second kappa shape index (κ2) is 3.60. The number of nitro groups is 1. The minimum atomic E-state index is -4.17. The third-order valence-corrected chi connectivity index (χ3v) is 2.52. The Hall–Kier alpha value is -2.05.